The Morgan fingerprint density at radius 2 is 1.47 bits per heavy atom. The van der Waals surface area contributed by atoms with Gasteiger partial charge in [0.2, 0.25) is 0 Å². The van der Waals surface area contributed by atoms with Gasteiger partial charge in [0.15, 0.2) is 0 Å². The molecule has 1 rings (SSSR count). The topological polar surface area (TPSA) is 15.3 Å². The monoisotopic (exact) mass is 262 g/mol. The maximum atomic E-state index is 3.26. The van der Waals surface area contributed by atoms with Crippen LogP contribution in [0.3, 0.4) is 0 Å². The van der Waals surface area contributed by atoms with E-state index in [2.05, 4.69) is 62.2 Å². The lowest BCUT2D eigenvalue weighted by Gasteiger charge is -2.27. The average Bonchev–Trinajstić information content (AvgIpc) is 2.30. The zero-order chi connectivity index (χ0) is 14.3. The summed E-state index contributed by atoms with van der Waals surface area (Å²) in [5.74, 6) is 1.44. The minimum atomic E-state index is 0.718. The lowest BCUT2D eigenvalue weighted by atomic mass is 10.1. The van der Waals surface area contributed by atoms with Gasteiger partial charge in [-0.3, -0.25) is 4.90 Å². The van der Waals surface area contributed by atoms with Crippen LogP contribution in [0.4, 0.5) is 0 Å². The van der Waals surface area contributed by atoms with Crippen molar-refractivity contribution in [3.05, 3.63) is 35.4 Å². The first-order valence-electron chi connectivity index (χ1n) is 7.46. The summed E-state index contributed by atoms with van der Waals surface area (Å²) in [6, 6.07) is 8.78. The third kappa shape index (κ3) is 6.22. The lowest BCUT2D eigenvalue weighted by molar-refractivity contribution is 0.211. The zero-order valence-corrected chi connectivity index (χ0v) is 13.2. The van der Waals surface area contributed by atoms with Crippen molar-refractivity contribution in [1.82, 2.24) is 10.2 Å². The van der Waals surface area contributed by atoms with Crippen LogP contribution in [-0.2, 0) is 13.1 Å². The summed E-state index contributed by atoms with van der Waals surface area (Å²) in [5, 5.41) is 3.26. The highest BCUT2D eigenvalue weighted by Crippen LogP contribution is 2.14. The van der Waals surface area contributed by atoms with Gasteiger partial charge in [-0.2, -0.15) is 0 Å². The van der Waals surface area contributed by atoms with Crippen LogP contribution in [0.15, 0.2) is 24.3 Å². The Morgan fingerprint density at radius 3 is 1.95 bits per heavy atom. The van der Waals surface area contributed by atoms with Crippen molar-refractivity contribution in [2.45, 2.75) is 40.8 Å². The van der Waals surface area contributed by atoms with Gasteiger partial charge in [0.25, 0.3) is 0 Å². The minimum absolute atomic E-state index is 0.718. The van der Waals surface area contributed by atoms with E-state index in [0.29, 0.717) is 0 Å². The summed E-state index contributed by atoms with van der Waals surface area (Å²) < 4.78 is 0. The van der Waals surface area contributed by atoms with E-state index in [0.717, 1.165) is 24.9 Å². The number of nitrogens with one attached hydrogen (secondary N) is 1. The molecule has 0 saturated carbocycles. The van der Waals surface area contributed by atoms with Gasteiger partial charge in [-0.05, 0) is 30.0 Å². The molecule has 0 saturated heterocycles. The third-order valence-electron chi connectivity index (χ3n) is 3.13. The van der Waals surface area contributed by atoms with E-state index in [1.165, 1.54) is 24.2 Å². The van der Waals surface area contributed by atoms with E-state index >= 15 is 0 Å². The summed E-state index contributed by atoms with van der Waals surface area (Å²) in [5.41, 5.74) is 2.88. The molecule has 1 aromatic rings. The summed E-state index contributed by atoms with van der Waals surface area (Å²) >= 11 is 0. The quantitative estimate of drug-likeness (QED) is 0.771. The molecule has 19 heavy (non-hydrogen) atoms. The Hall–Kier alpha value is -0.860. The first-order valence-corrected chi connectivity index (χ1v) is 7.46. The van der Waals surface area contributed by atoms with Gasteiger partial charge in [0.05, 0.1) is 0 Å². The van der Waals surface area contributed by atoms with Crippen molar-refractivity contribution < 1.29 is 0 Å². The largest absolute Gasteiger partial charge is 0.316 e. The molecule has 0 spiro atoms. The molecular formula is C17H30N2. The first-order chi connectivity index (χ1) is 9.02. The van der Waals surface area contributed by atoms with Gasteiger partial charge >= 0.3 is 0 Å². The fraction of sp³-hybridized carbons (Fsp3) is 0.647. The first kappa shape index (κ1) is 16.2. The molecule has 1 N–H and O–H groups in total. The van der Waals surface area contributed by atoms with E-state index in [1.54, 1.807) is 0 Å². The summed E-state index contributed by atoms with van der Waals surface area (Å²) in [6.45, 7) is 13.6. The highest BCUT2D eigenvalue weighted by molar-refractivity contribution is 5.26. The standard InChI is InChI=1S/C17H30N2/c1-14(2)11-19(12-15(3)4)13-17-9-7-6-8-16(17)10-18-5/h6-9,14-15,18H,10-13H2,1-5H3. The van der Waals surface area contributed by atoms with Crippen molar-refractivity contribution in [3.8, 4) is 0 Å². The molecule has 2 heteroatoms. The molecule has 0 amide bonds. The molecule has 0 unspecified atom stereocenters. The van der Waals surface area contributed by atoms with Gasteiger partial charge in [-0.15, -0.1) is 0 Å². The van der Waals surface area contributed by atoms with E-state index < -0.39 is 0 Å². The second kappa shape index (κ2) is 8.34. The van der Waals surface area contributed by atoms with Gasteiger partial charge in [0.1, 0.15) is 0 Å². The van der Waals surface area contributed by atoms with Crippen LogP contribution in [0.2, 0.25) is 0 Å². The number of hydrogen-bond donors (Lipinski definition) is 1. The normalized spacial score (nSPS) is 11.8. The molecule has 0 radical (unpaired) electrons. The molecule has 0 aliphatic carbocycles. The third-order valence-corrected chi connectivity index (χ3v) is 3.13. The van der Waals surface area contributed by atoms with Gasteiger partial charge in [-0.25, -0.2) is 0 Å². The SMILES string of the molecule is CNCc1ccccc1CN(CC(C)C)CC(C)C. The molecule has 108 valence electrons. The van der Waals surface area contributed by atoms with E-state index in [-0.39, 0.29) is 0 Å². The van der Waals surface area contributed by atoms with Gasteiger partial charge in [0, 0.05) is 26.2 Å². The summed E-state index contributed by atoms with van der Waals surface area (Å²) in [4.78, 5) is 2.59. The van der Waals surface area contributed by atoms with Crippen molar-refractivity contribution in [2.75, 3.05) is 20.1 Å². The number of rotatable bonds is 8. The van der Waals surface area contributed by atoms with E-state index in [9.17, 15) is 0 Å². The lowest BCUT2D eigenvalue weighted by Crippen LogP contribution is -2.31. The molecule has 0 aromatic heterocycles. The molecular weight excluding hydrogens is 232 g/mol. The van der Waals surface area contributed by atoms with Crippen LogP contribution in [0.5, 0.6) is 0 Å². The van der Waals surface area contributed by atoms with E-state index in [4.69, 9.17) is 0 Å². The van der Waals surface area contributed by atoms with Crippen LogP contribution in [0, 0.1) is 11.8 Å². The van der Waals surface area contributed by atoms with Crippen LogP contribution in [-0.4, -0.2) is 25.0 Å². The second-order valence-electron chi connectivity index (χ2n) is 6.28. The van der Waals surface area contributed by atoms with Crippen LogP contribution < -0.4 is 5.32 Å². The summed E-state index contributed by atoms with van der Waals surface area (Å²) in [7, 11) is 2.01. The maximum Gasteiger partial charge on any atom is 0.0237 e. The minimum Gasteiger partial charge on any atom is -0.316 e. The van der Waals surface area contributed by atoms with Crippen LogP contribution in [0.25, 0.3) is 0 Å². The molecule has 0 aliphatic heterocycles. The zero-order valence-electron chi connectivity index (χ0n) is 13.2. The van der Waals surface area contributed by atoms with Gasteiger partial charge in [-0.1, -0.05) is 52.0 Å². The predicted octanol–water partition coefficient (Wildman–Crippen LogP) is 3.52. The average molecular weight is 262 g/mol. The summed E-state index contributed by atoms with van der Waals surface area (Å²) in [6.07, 6.45) is 0. The van der Waals surface area contributed by atoms with Gasteiger partial charge < -0.3 is 5.32 Å². The van der Waals surface area contributed by atoms with Crippen LogP contribution in [0.1, 0.15) is 38.8 Å². The van der Waals surface area contributed by atoms with Crippen molar-refractivity contribution in [2.24, 2.45) is 11.8 Å². The van der Waals surface area contributed by atoms with Crippen molar-refractivity contribution in [3.63, 3.8) is 0 Å². The Labute approximate surface area is 119 Å². The number of nitrogens with zero attached hydrogens (tertiary/aromatic N) is 1. The second-order valence-corrected chi connectivity index (χ2v) is 6.28. The van der Waals surface area contributed by atoms with E-state index in [1.807, 2.05) is 7.05 Å². The smallest absolute Gasteiger partial charge is 0.0237 e. The van der Waals surface area contributed by atoms with Crippen molar-refractivity contribution >= 4 is 0 Å². The maximum absolute atomic E-state index is 3.26. The fourth-order valence-electron chi connectivity index (χ4n) is 2.55. The highest BCUT2D eigenvalue weighted by Gasteiger charge is 2.11. The molecule has 0 fully saturated rings. The number of hydrogen-bond acceptors (Lipinski definition) is 2. The molecule has 2 nitrogen and oxygen atoms in total. The van der Waals surface area contributed by atoms with Crippen molar-refractivity contribution in [1.29, 1.82) is 0 Å². The molecule has 0 atom stereocenters. The Balaban J connectivity index is 2.76. The van der Waals surface area contributed by atoms with Crippen LogP contribution >= 0.6 is 0 Å². The molecule has 0 heterocycles. The molecule has 0 aliphatic rings. The predicted molar refractivity (Wildman–Crippen MR) is 84.2 cm³/mol. The Kier molecular flexibility index (Phi) is 7.11. The Bertz CT molecular complexity index is 348. The Morgan fingerprint density at radius 1 is 0.947 bits per heavy atom. The fourth-order valence-corrected chi connectivity index (χ4v) is 2.55. The highest BCUT2D eigenvalue weighted by atomic mass is 15.1. The number of benzene rings is 1. The molecule has 0 bridgehead atoms. The molecule has 1 aromatic carbocycles.